The Morgan fingerprint density at radius 3 is 2.60 bits per heavy atom. The monoisotopic (exact) mass is 285 g/mol. The lowest BCUT2D eigenvalue weighted by Gasteiger charge is -2.06. The Hall–Kier alpha value is -1.93. The van der Waals surface area contributed by atoms with Crippen LogP contribution in [0.5, 0.6) is 5.75 Å². The summed E-state index contributed by atoms with van der Waals surface area (Å²) in [7, 11) is 0. The molecule has 2 nitrogen and oxygen atoms in total. The maximum atomic E-state index is 6.11. The van der Waals surface area contributed by atoms with E-state index < -0.39 is 0 Å². The highest BCUT2D eigenvalue weighted by Crippen LogP contribution is 2.26. The molecule has 0 radical (unpaired) electrons. The predicted octanol–water partition coefficient (Wildman–Crippen LogP) is 4.89. The SMILES string of the molecule is CCn1cc(COc2ccccc2Cl)c2ccccc21. The van der Waals surface area contributed by atoms with E-state index in [0.29, 0.717) is 11.6 Å². The fourth-order valence-corrected chi connectivity index (χ4v) is 2.61. The molecule has 0 aliphatic rings. The van der Waals surface area contributed by atoms with Gasteiger partial charge in [-0.25, -0.2) is 0 Å². The van der Waals surface area contributed by atoms with Crippen LogP contribution >= 0.6 is 11.6 Å². The molecule has 0 N–H and O–H groups in total. The lowest BCUT2D eigenvalue weighted by molar-refractivity contribution is 0.307. The average Bonchev–Trinajstić information content (AvgIpc) is 2.85. The number of aryl methyl sites for hydroxylation is 1. The number of halogens is 1. The van der Waals surface area contributed by atoms with Crippen molar-refractivity contribution in [3.05, 3.63) is 65.3 Å². The smallest absolute Gasteiger partial charge is 0.138 e. The maximum absolute atomic E-state index is 6.11. The molecule has 3 heteroatoms. The molecule has 0 spiro atoms. The Balaban J connectivity index is 1.90. The minimum atomic E-state index is 0.525. The summed E-state index contributed by atoms with van der Waals surface area (Å²) in [5.74, 6) is 0.725. The van der Waals surface area contributed by atoms with E-state index in [2.05, 4.69) is 42.0 Å². The molecule has 0 saturated carbocycles. The van der Waals surface area contributed by atoms with Crippen molar-refractivity contribution in [2.24, 2.45) is 0 Å². The molecule has 3 rings (SSSR count). The largest absolute Gasteiger partial charge is 0.487 e. The van der Waals surface area contributed by atoms with Gasteiger partial charge < -0.3 is 9.30 Å². The van der Waals surface area contributed by atoms with Gasteiger partial charge in [-0.3, -0.25) is 0 Å². The number of ether oxygens (including phenoxy) is 1. The molecule has 0 atom stereocenters. The van der Waals surface area contributed by atoms with Gasteiger partial charge in [0.15, 0.2) is 0 Å². The van der Waals surface area contributed by atoms with E-state index in [9.17, 15) is 0 Å². The molecule has 1 heterocycles. The van der Waals surface area contributed by atoms with Crippen molar-refractivity contribution in [1.82, 2.24) is 4.57 Å². The van der Waals surface area contributed by atoms with Crippen LogP contribution in [0.1, 0.15) is 12.5 Å². The van der Waals surface area contributed by atoms with Gasteiger partial charge in [-0.1, -0.05) is 41.9 Å². The molecule has 0 aliphatic heterocycles. The highest BCUT2D eigenvalue weighted by Gasteiger charge is 2.08. The van der Waals surface area contributed by atoms with Gasteiger partial charge >= 0.3 is 0 Å². The van der Waals surface area contributed by atoms with Crippen LogP contribution in [0.15, 0.2) is 54.7 Å². The maximum Gasteiger partial charge on any atom is 0.138 e. The van der Waals surface area contributed by atoms with Crippen molar-refractivity contribution in [3.8, 4) is 5.75 Å². The van der Waals surface area contributed by atoms with Crippen molar-refractivity contribution in [2.75, 3.05) is 0 Å². The van der Waals surface area contributed by atoms with Crippen LogP contribution in [0.3, 0.4) is 0 Å². The number of aromatic nitrogens is 1. The van der Waals surface area contributed by atoms with E-state index in [4.69, 9.17) is 16.3 Å². The third-order valence-corrected chi connectivity index (χ3v) is 3.74. The molecule has 102 valence electrons. The number of hydrogen-bond acceptors (Lipinski definition) is 1. The molecule has 3 aromatic rings. The van der Waals surface area contributed by atoms with Gasteiger partial charge in [0.2, 0.25) is 0 Å². The third kappa shape index (κ3) is 2.39. The second-order valence-corrected chi connectivity index (χ2v) is 5.08. The molecule has 0 fully saturated rings. The molecule has 0 saturated heterocycles. The summed E-state index contributed by atoms with van der Waals surface area (Å²) in [6.07, 6.45) is 2.15. The Bertz CT molecular complexity index is 733. The van der Waals surface area contributed by atoms with Crippen LogP contribution in [0, 0.1) is 0 Å². The first kappa shape index (κ1) is 13.1. The molecule has 20 heavy (non-hydrogen) atoms. The highest BCUT2D eigenvalue weighted by molar-refractivity contribution is 6.32. The average molecular weight is 286 g/mol. The molecule has 0 aliphatic carbocycles. The minimum Gasteiger partial charge on any atom is -0.487 e. The van der Waals surface area contributed by atoms with Gasteiger partial charge in [-0.2, -0.15) is 0 Å². The normalized spacial score (nSPS) is 10.9. The van der Waals surface area contributed by atoms with Crippen molar-refractivity contribution < 1.29 is 4.74 Å². The van der Waals surface area contributed by atoms with Crippen LogP contribution < -0.4 is 4.74 Å². The van der Waals surface area contributed by atoms with Crippen LogP contribution in [0.25, 0.3) is 10.9 Å². The van der Waals surface area contributed by atoms with E-state index >= 15 is 0 Å². The van der Waals surface area contributed by atoms with Crippen molar-refractivity contribution in [2.45, 2.75) is 20.1 Å². The van der Waals surface area contributed by atoms with Crippen LogP contribution in [0.4, 0.5) is 0 Å². The quantitative estimate of drug-likeness (QED) is 0.665. The summed E-state index contributed by atoms with van der Waals surface area (Å²) in [5.41, 5.74) is 2.43. The topological polar surface area (TPSA) is 14.2 Å². The Morgan fingerprint density at radius 2 is 1.80 bits per heavy atom. The minimum absolute atomic E-state index is 0.525. The predicted molar refractivity (Wildman–Crippen MR) is 83.4 cm³/mol. The lowest BCUT2D eigenvalue weighted by atomic mass is 10.2. The summed E-state index contributed by atoms with van der Waals surface area (Å²) >= 11 is 6.11. The zero-order chi connectivity index (χ0) is 13.9. The third-order valence-electron chi connectivity index (χ3n) is 3.43. The molecule has 0 unspecified atom stereocenters. The fourth-order valence-electron chi connectivity index (χ4n) is 2.42. The second-order valence-electron chi connectivity index (χ2n) is 4.68. The first-order chi connectivity index (χ1) is 9.79. The van der Waals surface area contributed by atoms with Gasteiger partial charge in [0.05, 0.1) is 5.02 Å². The fraction of sp³-hybridized carbons (Fsp3) is 0.176. The van der Waals surface area contributed by atoms with E-state index in [1.54, 1.807) is 0 Å². The second kappa shape index (κ2) is 5.59. The molecular formula is C17H16ClNO. The summed E-state index contributed by atoms with van der Waals surface area (Å²) < 4.78 is 8.08. The number of benzene rings is 2. The first-order valence-electron chi connectivity index (χ1n) is 6.73. The molecular weight excluding hydrogens is 270 g/mol. The van der Waals surface area contributed by atoms with E-state index in [1.807, 2.05) is 24.3 Å². The van der Waals surface area contributed by atoms with Gasteiger partial charge in [0.1, 0.15) is 12.4 Å². The number of para-hydroxylation sites is 2. The van der Waals surface area contributed by atoms with E-state index in [1.165, 1.54) is 16.5 Å². The van der Waals surface area contributed by atoms with Gasteiger partial charge in [-0.05, 0) is 25.1 Å². The number of rotatable bonds is 4. The number of fused-ring (bicyclic) bond motifs is 1. The van der Waals surface area contributed by atoms with Crippen LogP contribution in [0.2, 0.25) is 5.02 Å². The van der Waals surface area contributed by atoms with Crippen molar-refractivity contribution in [1.29, 1.82) is 0 Å². The molecule has 0 amide bonds. The Labute approximate surface area is 123 Å². The molecule has 0 bridgehead atoms. The lowest BCUT2D eigenvalue weighted by Crippen LogP contribution is -1.95. The Kier molecular flexibility index (Phi) is 3.66. The first-order valence-corrected chi connectivity index (χ1v) is 7.11. The van der Waals surface area contributed by atoms with Crippen LogP contribution in [-0.4, -0.2) is 4.57 Å². The summed E-state index contributed by atoms with van der Waals surface area (Å²) in [6, 6.07) is 15.9. The van der Waals surface area contributed by atoms with Gasteiger partial charge in [0, 0.05) is 29.2 Å². The number of hydrogen-bond donors (Lipinski definition) is 0. The summed E-state index contributed by atoms with van der Waals surface area (Å²) in [5, 5.41) is 1.88. The van der Waals surface area contributed by atoms with Gasteiger partial charge in [-0.15, -0.1) is 0 Å². The van der Waals surface area contributed by atoms with Crippen molar-refractivity contribution in [3.63, 3.8) is 0 Å². The zero-order valence-electron chi connectivity index (χ0n) is 11.3. The van der Waals surface area contributed by atoms with Gasteiger partial charge in [0.25, 0.3) is 0 Å². The standard InChI is InChI=1S/C17H16ClNO/c1-2-19-11-13(14-7-3-5-9-16(14)19)12-20-17-10-6-4-8-15(17)18/h3-11H,2,12H2,1H3. The highest BCUT2D eigenvalue weighted by atomic mass is 35.5. The Morgan fingerprint density at radius 1 is 1.05 bits per heavy atom. The number of nitrogens with zero attached hydrogens (tertiary/aromatic N) is 1. The van der Waals surface area contributed by atoms with Crippen molar-refractivity contribution >= 4 is 22.5 Å². The zero-order valence-corrected chi connectivity index (χ0v) is 12.1. The molecule has 1 aromatic heterocycles. The summed E-state index contributed by atoms with van der Waals surface area (Å²) in [6.45, 7) is 3.62. The van der Waals surface area contributed by atoms with E-state index in [-0.39, 0.29) is 0 Å². The van der Waals surface area contributed by atoms with E-state index in [0.717, 1.165) is 12.3 Å². The molecule has 2 aromatic carbocycles. The van der Waals surface area contributed by atoms with Crippen LogP contribution in [-0.2, 0) is 13.2 Å². The summed E-state index contributed by atoms with van der Waals surface area (Å²) in [4.78, 5) is 0.